The molecule has 1 aliphatic rings. The van der Waals surface area contributed by atoms with E-state index >= 15 is 0 Å². The number of aryl methyl sites for hydroxylation is 2. The first-order valence-electron chi connectivity index (χ1n) is 13.5. The molecule has 0 radical (unpaired) electrons. The van der Waals surface area contributed by atoms with Crippen molar-refractivity contribution in [2.45, 2.75) is 110 Å². The Morgan fingerprint density at radius 3 is 1.49 bits per heavy atom. The van der Waals surface area contributed by atoms with Gasteiger partial charge in [-0.3, -0.25) is 9.98 Å². The number of benzene rings is 2. The van der Waals surface area contributed by atoms with Gasteiger partial charge in [0.05, 0.1) is 12.1 Å². The van der Waals surface area contributed by atoms with Crippen molar-refractivity contribution >= 4 is 12.4 Å². The van der Waals surface area contributed by atoms with Crippen molar-refractivity contribution in [3.05, 3.63) is 57.6 Å². The quantitative estimate of drug-likeness (QED) is 0.345. The van der Waals surface area contributed by atoms with Gasteiger partial charge in [0.25, 0.3) is 0 Å². The molecule has 2 N–H and O–H groups in total. The Kier molecular flexibility index (Phi) is 9.54. The zero-order valence-corrected chi connectivity index (χ0v) is 22.5. The SMILES string of the molecule is CCCc1cc(C=NC2CCC(N=Cc3cc(CCC)cc(C(C)C)c3O)C2)c(O)c(C(C)C)c1. The summed E-state index contributed by atoms with van der Waals surface area (Å²) in [5.41, 5.74) is 6.16. The summed E-state index contributed by atoms with van der Waals surface area (Å²) >= 11 is 0. The molecule has 0 aliphatic heterocycles. The lowest BCUT2D eigenvalue weighted by molar-refractivity contribution is 0.463. The van der Waals surface area contributed by atoms with Gasteiger partial charge >= 0.3 is 0 Å². The number of hydrogen-bond donors (Lipinski definition) is 2. The lowest BCUT2D eigenvalue weighted by atomic mass is 9.95. The summed E-state index contributed by atoms with van der Waals surface area (Å²) in [6.07, 6.45) is 10.8. The minimum atomic E-state index is 0.208. The maximum Gasteiger partial charge on any atom is 0.127 e. The fraction of sp³-hybridized carbons (Fsp3) is 0.548. The molecule has 2 aromatic carbocycles. The molecule has 0 heterocycles. The molecule has 0 aromatic heterocycles. The first-order valence-corrected chi connectivity index (χ1v) is 13.5. The van der Waals surface area contributed by atoms with Crippen LogP contribution in [0, 0.1) is 0 Å². The molecule has 1 aliphatic carbocycles. The van der Waals surface area contributed by atoms with Crippen molar-refractivity contribution in [3.8, 4) is 11.5 Å². The number of aromatic hydroxyl groups is 2. The summed E-state index contributed by atoms with van der Waals surface area (Å²) in [4.78, 5) is 9.69. The lowest BCUT2D eigenvalue weighted by Crippen LogP contribution is -2.04. The van der Waals surface area contributed by atoms with Gasteiger partial charge in [0, 0.05) is 23.6 Å². The third-order valence-electron chi connectivity index (χ3n) is 7.00. The number of aliphatic imine (C=N–C) groups is 2. The molecule has 2 aromatic rings. The maximum atomic E-state index is 10.8. The monoisotopic (exact) mass is 476 g/mol. The fourth-order valence-corrected chi connectivity index (χ4v) is 5.01. The first kappa shape index (κ1) is 27.0. The van der Waals surface area contributed by atoms with Gasteiger partial charge in [0.15, 0.2) is 0 Å². The van der Waals surface area contributed by atoms with Crippen LogP contribution in [-0.4, -0.2) is 34.7 Å². The number of rotatable bonds is 10. The van der Waals surface area contributed by atoms with E-state index in [0.29, 0.717) is 11.5 Å². The molecule has 0 spiro atoms. The van der Waals surface area contributed by atoms with Crippen LogP contribution in [-0.2, 0) is 12.8 Å². The predicted molar refractivity (Wildman–Crippen MR) is 149 cm³/mol. The van der Waals surface area contributed by atoms with Gasteiger partial charge in [-0.2, -0.15) is 0 Å². The summed E-state index contributed by atoms with van der Waals surface area (Å²) in [5, 5.41) is 21.6. The number of nitrogens with zero attached hydrogens (tertiary/aromatic N) is 2. The highest BCUT2D eigenvalue weighted by Crippen LogP contribution is 2.33. The van der Waals surface area contributed by atoms with Gasteiger partial charge in [0.1, 0.15) is 11.5 Å². The minimum absolute atomic E-state index is 0.208. The molecule has 0 bridgehead atoms. The average Bonchev–Trinajstić information content (AvgIpc) is 3.27. The molecular weight excluding hydrogens is 432 g/mol. The molecule has 0 saturated heterocycles. The number of phenolic OH excluding ortho intramolecular Hbond substituents is 2. The molecule has 4 heteroatoms. The zero-order valence-electron chi connectivity index (χ0n) is 22.5. The normalized spacial score (nSPS) is 18.6. The molecule has 3 rings (SSSR count). The zero-order chi connectivity index (χ0) is 25.5. The van der Waals surface area contributed by atoms with Gasteiger partial charge in [-0.25, -0.2) is 0 Å². The molecule has 1 saturated carbocycles. The van der Waals surface area contributed by atoms with Gasteiger partial charge in [-0.1, -0.05) is 66.5 Å². The standard InChI is InChI=1S/C31H44N2O2/c1-7-9-22-13-24(30(34)28(15-22)20(3)4)18-32-26-11-12-27(17-26)33-19-25-14-23(10-8-2)16-29(21(5)6)31(25)35/h13-16,18-21,26-27,34-35H,7-12,17H2,1-6H3. The first-order chi connectivity index (χ1) is 16.7. The third kappa shape index (κ3) is 6.96. The third-order valence-corrected chi connectivity index (χ3v) is 7.00. The van der Waals surface area contributed by atoms with E-state index in [2.05, 4.69) is 65.8 Å². The second-order valence-electron chi connectivity index (χ2n) is 10.7. The highest BCUT2D eigenvalue weighted by molar-refractivity contribution is 5.85. The second kappa shape index (κ2) is 12.4. The Morgan fingerprint density at radius 1 is 0.743 bits per heavy atom. The molecule has 1 fully saturated rings. The Morgan fingerprint density at radius 2 is 1.14 bits per heavy atom. The lowest BCUT2D eigenvalue weighted by Gasteiger charge is -2.14. The minimum Gasteiger partial charge on any atom is -0.507 e. The molecule has 190 valence electrons. The summed E-state index contributed by atoms with van der Waals surface area (Å²) in [6.45, 7) is 12.8. The van der Waals surface area contributed by atoms with Gasteiger partial charge in [-0.05, 0) is 78.3 Å². The summed E-state index contributed by atoms with van der Waals surface area (Å²) < 4.78 is 0. The second-order valence-corrected chi connectivity index (χ2v) is 10.7. The van der Waals surface area contributed by atoms with E-state index in [1.54, 1.807) is 0 Å². The van der Waals surface area contributed by atoms with Crippen LogP contribution < -0.4 is 0 Å². The van der Waals surface area contributed by atoms with E-state index < -0.39 is 0 Å². The van der Waals surface area contributed by atoms with Crippen LogP contribution >= 0.6 is 0 Å². The van der Waals surface area contributed by atoms with Crippen molar-refractivity contribution in [1.82, 2.24) is 0 Å². The topological polar surface area (TPSA) is 65.2 Å². The predicted octanol–water partition coefficient (Wildman–Crippen LogP) is 7.71. The van der Waals surface area contributed by atoms with Gasteiger partial charge in [-0.15, -0.1) is 0 Å². The van der Waals surface area contributed by atoms with E-state index in [0.717, 1.165) is 67.2 Å². The van der Waals surface area contributed by atoms with Crippen molar-refractivity contribution in [1.29, 1.82) is 0 Å². The van der Waals surface area contributed by atoms with Crippen LogP contribution in [0.1, 0.15) is 119 Å². The van der Waals surface area contributed by atoms with Crippen LogP contribution in [0.25, 0.3) is 0 Å². The largest absolute Gasteiger partial charge is 0.507 e. The molecule has 2 atom stereocenters. The van der Waals surface area contributed by atoms with Crippen molar-refractivity contribution in [2.24, 2.45) is 9.98 Å². The van der Waals surface area contributed by atoms with Crippen molar-refractivity contribution < 1.29 is 10.2 Å². The van der Waals surface area contributed by atoms with Crippen LogP contribution in [0.2, 0.25) is 0 Å². The Labute approximate surface area is 212 Å². The highest BCUT2D eigenvalue weighted by Gasteiger charge is 2.23. The average molecular weight is 477 g/mol. The number of phenols is 2. The number of hydrogen-bond acceptors (Lipinski definition) is 4. The summed E-state index contributed by atoms with van der Waals surface area (Å²) in [6, 6.07) is 8.85. The molecule has 0 amide bonds. The fourth-order valence-electron chi connectivity index (χ4n) is 5.01. The van der Waals surface area contributed by atoms with Crippen molar-refractivity contribution in [2.75, 3.05) is 0 Å². The van der Waals surface area contributed by atoms with E-state index in [1.165, 1.54) is 11.1 Å². The summed E-state index contributed by atoms with van der Waals surface area (Å²) in [5.74, 6) is 1.26. The Bertz CT molecular complexity index is 969. The molecule has 2 unspecified atom stereocenters. The van der Waals surface area contributed by atoms with Crippen LogP contribution in [0.15, 0.2) is 34.3 Å². The van der Waals surface area contributed by atoms with Crippen LogP contribution in [0.4, 0.5) is 0 Å². The van der Waals surface area contributed by atoms with E-state index in [1.807, 2.05) is 12.4 Å². The van der Waals surface area contributed by atoms with Gasteiger partial charge in [0.2, 0.25) is 0 Å². The van der Waals surface area contributed by atoms with Crippen LogP contribution in [0.5, 0.6) is 11.5 Å². The molecule has 35 heavy (non-hydrogen) atoms. The van der Waals surface area contributed by atoms with E-state index in [-0.39, 0.29) is 23.9 Å². The van der Waals surface area contributed by atoms with Gasteiger partial charge < -0.3 is 10.2 Å². The smallest absolute Gasteiger partial charge is 0.127 e. The van der Waals surface area contributed by atoms with Crippen LogP contribution in [0.3, 0.4) is 0 Å². The van der Waals surface area contributed by atoms with E-state index in [9.17, 15) is 10.2 Å². The maximum absolute atomic E-state index is 10.8. The Hall–Kier alpha value is -2.62. The molecular formula is C31H44N2O2. The molecule has 4 nitrogen and oxygen atoms in total. The van der Waals surface area contributed by atoms with Crippen molar-refractivity contribution in [3.63, 3.8) is 0 Å². The highest BCUT2D eigenvalue weighted by atomic mass is 16.3. The summed E-state index contributed by atoms with van der Waals surface area (Å²) in [7, 11) is 0. The Balaban J connectivity index is 1.73. The van der Waals surface area contributed by atoms with E-state index in [4.69, 9.17) is 9.98 Å².